The zero-order valence-corrected chi connectivity index (χ0v) is 10.8. The molecule has 0 fully saturated rings. The Morgan fingerprint density at radius 1 is 1.56 bits per heavy atom. The van der Waals surface area contributed by atoms with Gasteiger partial charge in [0.15, 0.2) is 0 Å². The monoisotopic (exact) mass is 282 g/mol. The molecule has 2 N–H and O–H groups in total. The molecule has 1 aromatic carbocycles. The maximum absolute atomic E-state index is 11.8. The number of rotatable bonds is 1. The number of amides is 1. The highest BCUT2D eigenvalue weighted by molar-refractivity contribution is 9.10. The number of hydrogen-bond donors (Lipinski definition) is 1. The molecule has 16 heavy (non-hydrogen) atoms. The standard InChI is InChI=1S/C12H15BrN2O/c1-8(14)12(16)15-6-5-9-3-2-4-11(13)10(9)7-15/h2-4,8H,5-7,14H2,1H3/t8-/m1/s1. The van der Waals surface area contributed by atoms with Crippen LogP contribution in [-0.4, -0.2) is 23.4 Å². The number of carbonyl (C=O) groups is 1. The Bertz CT molecular complexity index is 417. The van der Waals surface area contributed by atoms with E-state index < -0.39 is 6.04 Å². The Hall–Kier alpha value is -0.870. The van der Waals surface area contributed by atoms with Gasteiger partial charge in [0.25, 0.3) is 0 Å². The smallest absolute Gasteiger partial charge is 0.239 e. The lowest BCUT2D eigenvalue weighted by Gasteiger charge is -2.30. The van der Waals surface area contributed by atoms with Crippen LogP contribution in [0.25, 0.3) is 0 Å². The lowest BCUT2D eigenvalue weighted by atomic mass is 9.99. The molecule has 1 aliphatic heterocycles. The van der Waals surface area contributed by atoms with Crippen molar-refractivity contribution in [3.05, 3.63) is 33.8 Å². The molecule has 0 spiro atoms. The summed E-state index contributed by atoms with van der Waals surface area (Å²) in [5.74, 6) is 0.0291. The van der Waals surface area contributed by atoms with Crippen LogP contribution in [-0.2, 0) is 17.8 Å². The molecule has 3 nitrogen and oxygen atoms in total. The van der Waals surface area contributed by atoms with Crippen LogP contribution in [0.3, 0.4) is 0 Å². The third-order valence-corrected chi connectivity index (χ3v) is 3.66. The van der Waals surface area contributed by atoms with Gasteiger partial charge in [0, 0.05) is 17.6 Å². The molecule has 0 unspecified atom stereocenters. The third kappa shape index (κ3) is 2.13. The van der Waals surface area contributed by atoms with E-state index in [1.165, 1.54) is 11.1 Å². The van der Waals surface area contributed by atoms with Crippen molar-refractivity contribution < 1.29 is 4.79 Å². The highest BCUT2D eigenvalue weighted by Gasteiger charge is 2.23. The highest BCUT2D eigenvalue weighted by atomic mass is 79.9. The number of nitrogens with two attached hydrogens (primary N) is 1. The van der Waals surface area contributed by atoms with Crippen molar-refractivity contribution in [3.8, 4) is 0 Å². The molecule has 4 heteroatoms. The number of carbonyl (C=O) groups excluding carboxylic acids is 1. The van der Waals surface area contributed by atoms with Crippen molar-refractivity contribution >= 4 is 21.8 Å². The van der Waals surface area contributed by atoms with Gasteiger partial charge < -0.3 is 10.6 Å². The normalized spacial score (nSPS) is 16.8. The second kappa shape index (κ2) is 4.55. The summed E-state index contributed by atoms with van der Waals surface area (Å²) in [5, 5.41) is 0. The number of hydrogen-bond acceptors (Lipinski definition) is 2. The van der Waals surface area contributed by atoms with Gasteiger partial charge in [-0.3, -0.25) is 4.79 Å². The van der Waals surface area contributed by atoms with Crippen LogP contribution in [0.5, 0.6) is 0 Å². The van der Waals surface area contributed by atoms with Gasteiger partial charge in [0.2, 0.25) is 5.91 Å². The lowest BCUT2D eigenvalue weighted by Crippen LogP contribution is -2.44. The topological polar surface area (TPSA) is 46.3 Å². The van der Waals surface area contributed by atoms with E-state index in [0.29, 0.717) is 6.54 Å². The van der Waals surface area contributed by atoms with Gasteiger partial charge in [-0.15, -0.1) is 0 Å². The van der Waals surface area contributed by atoms with Crippen LogP contribution in [0, 0.1) is 0 Å². The van der Waals surface area contributed by atoms with Crippen molar-refractivity contribution in [2.45, 2.75) is 25.9 Å². The summed E-state index contributed by atoms with van der Waals surface area (Å²) >= 11 is 3.53. The first kappa shape index (κ1) is 11.6. The second-order valence-corrected chi connectivity index (χ2v) is 5.03. The van der Waals surface area contributed by atoms with Crippen LogP contribution < -0.4 is 5.73 Å². The molecule has 1 aromatic rings. The lowest BCUT2D eigenvalue weighted by molar-refractivity contribution is -0.133. The minimum Gasteiger partial charge on any atom is -0.337 e. The quantitative estimate of drug-likeness (QED) is 0.852. The van der Waals surface area contributed by atoms with E-state index in [9.17, 15) is 4.79 Å². The van der Waals surface area contributed by atoms with E-state index in [4.69, 9.17) is 5.73 Å². The van der Waals surface area contributed by atoms with Crippen molar-refractivity contribution in [3.63, 3.8) is 0 Å². The maximum Gasteiger partial charge on any atom is 0.239 e. The second-order valence-electron chi connectivity index (χ2n) is 4.18. The molecule has 86 valence electrons. The fourth-order valence-corrected chi connectivity index (χ4v) is 2.55. The van der Waals surface area contributed by atoms with Gasteiger partial charge in [0.05, 0.1) is 6.04 Å². The predicted molar refractivity (Wildman–Crippen MR) is 66.9 cm³/mol. The Kier molecular flexibility index (Phi) is 3.30. The minimum atomic E-state index is -0.413. The molecule has 1 amide bonds. The molecule has 0 aliphatic carbocycles. The van der Waals surface area contributed by atoms with Gasteiger partial charge in [0.1, 0.15) is 0 Å². The number of nitrogens with zero attached hydrogens (tertiary/aromatic N) is 1. The molecule has 0 saturated heterocycles. The van der Waals surface area contributed by atoms with Gasteiger partial charge >= 0.3 is 0 Å². The zero-order chi connectivity index (χ0) is 11.7. The molecule has 0 bridgehead atoms. The van der Waals surface area contributed by atoms with E-state index in [1.807, 2.05) is 17.0 Å². The summed E-state index contributed by atoms with van der Waals surface area (Å²) in [5.41, 5.74) is 8.16. The van der Waals surface area contributed by atoms with Crippen molar-refractivity contribution in [1.29, 1.82) is 0 Å². The average molecular weight is 283 g/mol. The Morgan fingerprint density at radius 2 is 2.31 bits per heavy atom. The van der Waals surface area contributed by atoms with Crippen LogP contribution in [0.2, 0.25) is 0 Å². The molecule has 1 atom stereocenters. The highest BCUT2D eigenvalue weighted by Crippen LogP contribution is 2.26. The molecule has 1 aliphatic rings. The molecule has 0 saturated carbocycles. The van der Waals surface area contributed by atoms with Crippen LogP contribution in [0.4, 0.5) is 0 Å². The maximum atomic E-state index is 11.8. The summed E-state index contributed by atoms with van der Waals surface area (Å²) < 4.78 is 1.08. The van der Waals surface area contributed by atoms with E-state index >= 15 is 0 Å². The first-order chi connectivity index (χ1) is 7.59. The van der Waals surface area contributed by atoms with Gasteiger partial charge in [-0.25, -0.2) is 0 Å². The summed E-state index contributed by atoms with van der Waals surface area (Å²) in [4.78, 5) is 13.6. The fraction of sp³-hybridized carbons (Fsp3) is 0.417. The molecular formula is C12H15BrN2O. The molecular weight excluding hydrogens is 268 g/mol. The number of fused-ring (bicyclic) bond motifs is 1. The fourth-order valence-electron chi connectivity index (χ4n) is 2.02. The van der Waals surface area contributed by atoms with E-state index in [2.05, 4.69) is 22.0 Å². The molecule has 0 radical (unpaired) electrons. The predicted octanol–water partition coefficient (Wildman–Crippen LogP) is 1.68. The molecule has 1 heterocycles. The van der Waals surface area contributed by atoms with Crippen LogP contribution >= 0.6 is 15.9 Å². The summed E-state index contributed by atoms with van der Waals surface area (Å²) in [6, 6.07) is 5.75. The first-order valence-corrected chi connectivity index (χ1v) is 6.19. The molecule has 2 rings (SSSR count). The van der Waals surface area contributed by atoms with Gasteiger partial charge in [-0.05, 0) is 30.5 Å². The zero-order valence-electron chi connectivity index (χ0n) is 9.24. The third-order valence-electron chi connectivity index (χ3n) is 2.92. The van der Waals surface area contributed by atoms with Gasteiger partial charge in [-0.1, -0.05) is 28.1 Å². The average Bonchev–Trinajstić information content (AvgIpc) is 2.28. The Labute approximate surface area is 104 Å². The van der Waals surface area contributed by atoms with Crippen LogP contribution in [0.1, 0.15) is 18.1 Å². The minimum absolute atomic E-state index is 0.0291. The van der Waals surface area contributed by atoms with E-state index in [-0.39, 0.29) is 5.91 Å². The van der Waals surface area contributed by atoms with Gasteiger partial charge in [-0.2, -0.15) is 0 Å². The van der Waals surface area contributed by atoms with E-state index in [1.54, 1.807) is 6.92 Å². The van der Waals surface area contributed by atoms with Crippen molar-refractivity contribution in [2.75, 3.05) is 6.54 Å². The molecule has 0 aromatic heterocycles. The van der Waals surface area contributed by atoms with Crippen molar-refractivity contribution in [2.24, 2.45) is 5.73 Å². The van der Waals surface area contributed by atoms with Crippen LogP contribution in [0.15, 0.2) is 22.7 Å². The Morgan fingerprint density at radius 3 is 3.00 bits per heavy atom. The summed E-state index contributed by atoms with van der Waals surface area (Å²) in [6.07, 6.45) is 0.910. The number of benzene rings is 1. The summed E-state index contributed by atoms with van der Waals surface area (Å²) in [6.45, 7) is 3.17. The largest absolute Gasteiger partial charge is 0.337 e. The first-order valence-electron chi connectivity index (χ1n) is 5.40. The van der Waals surface area contributed by atoms with Crippen molar-refractivity contribution in [1.82, 2.24) is 4.90 Å². The number of halogens is 1. The Balaban J connectivity index is 2.23. The summed E-state index contributed by atoms with van der Waals surface area (Å²) in [7, 11) is 0. The van der Waals surface area contributed by atoms with E-state index in [0.717, 1.165) is 17.4 Å². The SMILES string of the molecule is C[C@@H](N)C(=O)N1CCc2cccc(Br)c2C1.